The van der Waals surface area contributed by atoms with Crippen LogP contribution in [-0.4, -0.2) is 16.5 Å². The first-order valence-electron chi connectivity index (χ1n) is 7.23. The molecule has 0 spiro atoms. The fraction of sp³-hybridized carbons (Fsp3) is 0.714. The summed E-state index contributed by atoms with van der Waals surface area (Å²) in [7, 11) is 0. The molecule has 2 aliphatic rings. The van der Waals surface area contributed by atoms with Crippen molar-refractivity contribution in [3.8, 4) is 0 Å². The third-order valence-electron chi connectivity index (χ3n) is 4.19. The molecule has 1 aliphatic heterocycles. The van der Waals surface area contributed by atoms with Crippen LogP contribution in [0.25, 0.3) is 0 Å². The highest BCUT2D eigenvalue weighted by Crippen LogP contribution is 2.36. The van der Waals surface area contributed by atoms with E-state index in [9.17, 15) is 13.2 Å². The second-order valence-corrected chi connectivity index (χ2v) is 5.62. The van der Waals surface area contributed by atoms with Crippen LogP contribution in [-0.2, 0) is 19.1 Å². The predicted octanol–water partition coefficient (Wildman–Crippen LogP) is 3.19. The fourth-order valence-electron chi connectivity index (χ4n) is 3.16. The number of hydrogen-bond acceptors (Lipinski definition) is 3. The van der Waals surface area contributed by atoms with Crippen molar-refractivity contribution in [2.75, 3.05) is 6.54 Å². The number of rotatable bonds is 1. The lowest BCUT2D eigenvalue weighted by Gasteiger charge is -2.25. The van der Waals surface area contributed by atoms with Crippen LogP contribution < -0.4 is 5.32 Å². The van der Waals surface area contributed by atoms with Gasteiger partial charge in [-0.25, -0.2) is 9.97 Å². The number of halogens is 3. The summed E-state index contributed by atoms with van der Waals surface area (Å²) in [5.74, 6) is 0.497. The van der Waals surface area contributed by atoms with Gasteiger partial charge in [0, 0.05) is 18.0 Å². The van der Waals surface area contributed by atoms with Gasteiger partial charge in [0.15, 0.2) is 5.69 Å². The van der Waals surface area contributed by atoms with Gasteiger partial charge in [0.05, 0.1) is 5.69 Å². The summed E-state index contributed by atoms with van der Waals surface area (Å²) in [6.45, 7) is 0.975. The summed E-state index contributed by atoms with van der Waals surface area (Å²) < 4.78 is 39.6. The summed E-state index contributed by atoms with van der Waals surface area (Å²) in [5.41, 5.74) is 0.125. The predicted molar refractivity (Wildman–Crippen MR) is 68.3 cm³/mol. The number of aromatic nitrogens is 2. The van der Waals surface area contributed by atoms with Crippen molar-refractivity contribution < 1.29 is 13.2 Å². The molecular weight excluding hydrogens is 267 g/mol. The Kier molecular flexibility index (Phi) is 3.67. The van der Waals surface area contributed by atoms with Gasteiger partial charge in [-0.3, -0.25) is 0 Å². The first-order valence-corrected chi connectivity index (χ1v) is 7.23. The SMILES string of the molecule is FC(F)(F)c1nc(C2CCCCC2)nc2c1CCNC2. The maximum Gasteiger partial charge on any atom is 0.433 e. The molecule has 0 atom stereocenters. The average Bonchev–Trinajstić information content (AvgIpc) is 2.46. The Morgan fingerprint density at radius 3 is 2.50 bits per heavy atom. The van der Waals surface area contributed by atoms with Crippen LogP contribution in [0.4, 0.5) is 13.2 Å². The lowest BCUT2D eigenvalue weighted by atomic mass is 9.88. The topological polar surface area (TPSA) is 37.8 Å². The van der Waals surface area contributed by atoms with Crippen LogP contribution in [0.2, 0.25) is 0 Å². The minimum absolute atomic E-state index is 0.0945. The molecule has 0 unspecified atom stereocenters. The number of nitrogens with zero attached hydrogens (tertiary/aromatic N) is 2. The van der Waals surface area contributed by atoms with Gasteiger partial charge < -0.3 is 5.32 Å². The van der Waals surface area contributed by atoms with Crippen molar-refractivity contribution in [2.24, 2.45) is 0 Å². The summed E-state index contributed by atoms with van der Waals surface area (Å²) in [6, 6.07) is 0. The highest BCUT2D eigenvalue weighted by atomic mass is 19.4. The highest BCUT2D eigenvalue weighted by Gasteiger charge is 2.38. The van der Waals surface area contributed by atoms with Crippen LogP contribution in [0.5, 0.6) is 0 Å². The molecular formula is C14H18F3N3. The first-order chi connectivity index (χ1) is 9.55. The maximum absolute atomic E-state index is 13.2. The molecule has 1 fully saturated rings. The Morgan fingerprint density at radius 1 is 1.05 bits per heavy atom. The minimum Gasteiger partial charge on any atom is -0.311 e. The second kappa shape index (κ2) is 5.31. The van der Waals surface area contributed by atoms with E-state index in [4.69, 9.17) is 0 Å². The smallest absolute Gasteiger partial charge is 0.311 e. The zero-order valence-corrected chi connectivity index (χ0v) is 11.3. The van der Waals surface area contributed by atoms with Crippen molar-refractivity contribution in [1.82, 2.24) is 15.3 Å². The summed E-state index contributed by atoms with van der Waals surface area (Å²) >= 11 is 0. The van der Waals surface area contributed by atoms with E-state index >= 15 is 0 Å². The third kappa shape index (κ3) is 2.66. The van der Waals surface area contributed by atoms with E-state index in [2.05, 4.69) is 15.3 Å². The molecule has 2 heterocycles. The van der Waals surface area contributed by atoms with E-state index < -0.39 is 11.9 Å². The van der Waals surface area contributed by atoms with Gasteiger partial charge >= 0.3 is 6.18 Å². The Balaban J connectivity index is 2.03. The van der Waals surface area contributed by atoms with Crippen LogP contribution in [0, 0.1) is 0 Å². The normalized spacial score (nSPS) is 20.8. The summed E-state index contributed by atoms with van der Waals surface area (Å²) in [5, 5.41) is 3.09. The van der Waals surface area contributed by atoms with E-state index in [1.54, 1.807) is 0 Å². The summed E-state index contributed by atoms with van der Waals surface area (Å²) in [4.78, 5) is 8.35. The molecule has 0 aromatic carbocycles. The molecule has 3 nitrogen and oxygen atoms in total. The molecule has 1 aromatic rings. The maximum atomic E-state index is 13.2. The van der Waals surface area contributed by atoms with Crippen molar-refractivity contribution >= 4 is 0 Å². The van der Waals surface area contributed by atoms with Crippen molar-refractivity contribution in [3.05, 3.63) is 22.8 Å². The van der Waals surface area contributed by atoms with Gasteiger partial charge in [0.2, 0.25) is 0 Å². The second-order valence-electron chi connectivity index (χ2n) is 5.62. The molecule has 20 heavy (non-hydrogen) atoms. The molecule has 6 heteroatoms. The minimum atomic E-state index is -4.38. The lowest BCUT2D eigenvalue weighted by molar-refractivity contribution is -0.142. The van der Waals surface area contributed by atoms with E-state index in [1.165, 1.54) is 0 Å². The molecule has 1 N–H and O–H groups in total. The molecule has 0 bridgehead atoms. The van der Waals surface area contributed by atoms with Crippen LogP contribution >= 0.6 is 0 Å². The zero-order valence-electron chi connectivity index (χ0n) is 11.3. The van der Waals surface area contributed by atoms with Crippen molar-refractivity contribution in [3.63, 3.8) is 0 Å². The Labute approximate surface area is 116 Å². The molecule has 0 saturated heterocycles. The summed E-state index contributed by atoms with van der Waals surface area (Å²) in [6.07, 6.45) is 1.07. The van der Waals surface area contributed by atoms with Gasteiger partial charge in [0.25, 0.3) is 0 Å². The Hall–Kier alpha value is -1.17. The van der Waals surface area contributed by atoms with Gasteiger partial charge in [0.1, 0.15) is 5.82 Å². The average molecular weight is 285 g/mol. The number of hydrogen-bond donors (Lipinski definition) is 1. The van der Waals surface area contributed by atoms with Gasteiger partial charge in [-0.2, -0.15) is 13.2 Å². The Morgan fingerprint density at radius 2 is 1.80 bits per heavy atom. The van der Waals surface area contributed by atoms with E-state index in [0.29, 0.717) is 31.0 Å². The molecule has 3 rings (SSSR count). The van der Waals surface area contributed by atoms with E-state index in [1.807, 2.05) is 0 Å². The third-order valence-corrected chi connectivity index (χ3v) is 4.19. The van der Waals surface area contributed by atoms with Gasteiger partial charge in [-0.05, 0) is 25.8 Å². The molecule has 1 saturated carbocycles. The van der Waals surface area contributed by atoms with Gasteiger partial charge in [-0.15, -0.1) is 0 Å². The Bertz CT molecular complexity index is 493. The highest BCUT2D eigenvalue weighted by molar-refractivity contribution is 5.31. The molecule has 1 aliphatic carbocycles. The standard InChI is InChI=1S/C14H18F3N3/c15-14(16,17)12-10-6-7-18-8-11(10)19-13(20-12)9-4-2-1-3-5-9/h9,18H,1-8H2. The van der Waals surface area contributed by atoms with E-state index in [-0.39, 0.29) is 11.5 Å². The molecule has 0 radical (unpaired) electrons. The number of fused-ring (bicyclic) bond motifs is 1. The van der Waals surface area contributed by atoms with Gasteiger partial charge in [-0.1, -0.05) is 19.3 Å². The fourth-order valence-corrected chi connectivity index (χ4v) is 3.16. The van der Waals surface area contributed by atoms with Crippen LogP contribution in [0.1, 0.15) is 60.8 Å². The lowest BCUT2D eigenvalue weighted by Crippen LogP contribution is -2.30. The van der Waals surface area contributed by atoms with Crippen LogP contribution in [0.3, 0.4) is 0 Å². The zero-order chi connectivity index (χ0) is 14.2. The molecule has 0 amide bonds. The largest absolute Gasteiger partial charge is 0.433 e. The van der Waals surface area contributed by atoms with E-state index in [0.717, 1.165) is 32.1 Å². The van der Waals surface area contributed by atoms with Crippen molar-refractivity contribution in [2.45, 2.75) is 57.2 Å². The van der Waals surface area contributed by atoms with Crippen molar-refractivity contribution in [1.29, 1.82) is 0 Å². The molecule has 110 valence electrons. The monoisotopic (exact) mass is 285 g/mol. The first kappa shape index (κ1) is 13.8. The quantitative estimate of drug-likeness (QED) is 0.861. The number of nitrogens with one attached hydrogen (secondary N) is 1. The van der Waals surface area contributed by atoms with Crippen LogP contribution in [0.15, 0.2) is 0 Å². The molecule has 1 aromatic heterocycles. The number of alkyl halides is 3.